The Morgan fingerprint density at radius 1 is 0.833 bits per heavy atom. The molecule has 3 rings (SSSR count). The smallest absolute Gasteiger partial charge is 0.308 e. The molecule has 0 aliphatic carbocycles. The highest BCUT2D eigenvalue weighted by Crippen LogP contribution is 2.42. The largest absolute Gasteiger partial charge is 0.493 e. The molecule has 0 unspecified atom stereocenters. The van der Waals surface area contributed by atoms with Gasteiger partial charge < -0.3 is 28.4 Å². The van der Waals surface area contributed by atoms with Crippen LogP contribution in [0, 0.1) is 0 Å². The van der Waals surface area contributed by atoms with Crippen molar-refractivity contribution in [1.29, 1.82) is 0 Å². The zero-order chi connectivity index (χ0) is 21.7. The van der Waals surface area contributed by atoms with Crippen LogP contribution in [-0.4, -0.2) is 39.6 Å². The van der Waals surface area contributed by atoms with Crippen molar-refractivity contribution in [3.8, 4) is 23.0 Å². The lowest BCUT2D eigenvalue weighted by atomic mass is 9.88. The molecule has 1 heterocycles. The van der Waals surface area contributed by atoms with Gasteiger partial charge in [0.1, 0.15) is 6.79 Å². The molecule has 0 N–H and O–H groups in total. The number of esters is 2. The molecule has 1 aliphatic rings. The number of hydrogen-bond donors (Lipinski definition) is 0. The predicted molar refractivity (Wildman–Crippen MR) is 106 cm³/mol. The molecule has 0 bridgehead atoms. The Morgan fingerprint density at radius 2 is 1.37 bits per heavy atom. The van der Waals surface area contributed by atoms with E-state index in [9.17, 15) is 9.59 Å². The van der Waals surface area contributed by atoms with Crippen molar-refractivity contribution in [2.75, 3.05) is 27.6 Å². The molecule has 0 amide bonds. The van der Waals surface area contributed by atoms with E-state index in [0.29, 0.717) is 29.6 Å². The minimum atomic E-state index is -0.429. The van der Waals surface area contributed by atoms with Crippen molar-refractivity contribution in [3.05, 3.63) is 47.5 Å². The first-order chi connectivity index (χ1) is 14.4. The van der Waals surface area contributed by atoms with Gasteiger partial charge in [-0.3, -0.25) is 9.59 Å². The molecule has 0 radical (unpaired) electrons. The van der Waals surface area contributed by atoms with Crippen LogP contribution < -0.4 is 18.9 Å². The standard InChI is InChI=1S/C22H24O8/c1-13(23)29-18-7-5-15(9-20(18)25-3)17-11-27-12-28-22(17)16-6-8-19(30-14(2)24)21(10-16)26-4/h5-10,17,22H,11-12H2,1-4H3/t17-,22-/m1/s1. The zero-order valence-corrected chi connectivity index (χ0v) is 17.3. The van der Waals surface area contributed by atoms with Crippen molar-refractivity contribution >= 4 is 11.9 Å². The zero-order valence-electron chi connectivity index (χ0n) is 17.3. The minimum Gasteiger partial charge on any atom is -0.493 e. The Labute approximate surface area is 174 Å². The molecule has 1 saturated heterocycles. The van der Waals surface area contributed by atoms with E-state index in [2.05, 4.69) is 0 Å². The van der Waals surface area contributed by atoms with Crippen molar-refractivity contribution in [2.45, 2.75) is 25.9 Å². The minimum absolute atomic E-state index is 0.150. The van der Waals surface area contributed by atoms with Gasteiger partial charge in [0.25, 0.3) is 0 Å². The van der Waals surface area contributed by atoms with E-state index in [1.54, 1.807) is 24.3 Å². The molecular formula is C22H24O8. The third-order valence-corrected chi connectivity index (χ3v) is 4.63. The maximum Gasteiger partial charge on any atom is 0.308 e. The Hall–Kier alpha value is -3.10. The Kier molecular flexibility index (Phi) is 6.91. The Balaban J connectivity index is 1.93. The number of carbonyl (C=O) groups is 2. The van der Waals surface area contributed by atoms with Gasteiger partial charge in [-0.15, -0.1) is 0 Å². The number of rotatable bonds is 6. The van der Waals surface area contributed by atoms with Crippen LogP contribution >= 0.6 is 0 Å². The van der Waals surface area contributed by atoms with Gasteiger partial charge in [0, 0.05) is 19.8 Å². The molecule has 0 spiro atoms. The SMILES string of the molecule is COc1cc([C@H]2COCO[C@@H]2c2ccc(OC(C)=O)c(OC)c2)ccc1OC(C)=O. The average molecular weight is 416 g/mol. The highest BCUT2D eigenvalue weighted by atomic mass is 16.7. The lowest BCUT2D eigenvalue weighted by Gasteiger charge is -2.32. The van der Waals surface area contributed by atoms with Gasteiger partial charge in [0.05, 0.1) is 26.9 Å². The van der Waals surface area contributed by atoms with Crippen LogP contribution in [0.15, 0.2) is 36.4 Å². The van der Waals surface area contributed by atoms with Gasteiger partial charge in [0.15, 0.2) is 23.0 Å². The highest BCUT2D eigenvalue weighted by Gasteiger charge is 2.31. The molecule has 0 saturated carbocycles. The second kappa shape index (κ2) is 9.60. The van der Waals surface area contributed by atoms with Crippen molar-refractivity contribution in [1.82, 2.24) is 0 Å². The summed E-state index contributed by atoms with van der Waals surface area (Å²) in [6.45, 7) is 3.24. The second-order valence-corrected chi connectivity index (χ2v) is 6.69. The fourth-order valence-corrected chi connectivity index (χ4v) is 3.35. The molecule has 1 aliphatic heterocycles. The summed E-state index contributed by atoms with van der Waals surface area (Å²) in [4.78, 5) is 22.6. The first kappa shape index (κ1) is 21.6. The van der Waals surface area contributed by atoms with E-state index in [-0.39, 0.29) is 18.8 Å². The summed E-state index contributed by atoms with van der Waals surface area (Å²) >= 11 is 0. The van der Waals surface area contributed by atoms with Gasteiger partial charge in [0.2, 0.25) is 0 Å². The summed E-state index contributed by atoms with van der Waals surface area (Å²) < 4.78 is 32.6. The van der Waals surface area contributed by atoms with Gasteiger partial charge in [-0.05, 0) is 35.4 Å². The fourth-order valence-electron chi connectivity index (χ4n) is 3.35. The highest BCUT2D eigenvalue weighted by molar-refractivity contribution is 5.71. The van der Waals surface area contributed by atoms with Crippen LogP contribution in [-0.2, 0) is 19.1 Å². The summed E-state index contributed by atoms with van der Waals surface area (Å²) in [7, 11) is 3.02. The summed E-state index contributed by atoms with van der Waals surface area (Å²) in [5.74, 6) is 0.544. The monoisotopic (exact) mass is 416 g/mol. The lowest BCUT2D eigenvalue weighted by Crippen LogP contribution is -2.26. The molecule has 160 valence electrons. The predicted octanol–water partition coefficient (Wildman–Crippen LogP) is 3.38. The van der Waals surface area contributed by atoms with E-state index >= 15 is 0 Å². The quantitative estimate of drug-likeness (QED) is 0.523. The van der Waals surface area contributed by atoms with Crippen LogP contribution in [0.5, 0.6) is 23.0 Å². The Morgan fingerprint density at radius 3 is 1.90 bits per heavy atom. The maximum absolute atomic E-state index is 11.3. The van der Waals surface area contributed by atoms with Gasteiger partial charge >= 0.3 is 11.9 Å². The molecule has 2 aromatic rings. The van der Waals surface area contributed by atoms with Crippen molar-refractivity contribution in [3.63, 3.8) is 0 Å². The van der Waals surface area contributed by atoms with E-state index in [1.807, 2.05) is 12.1 Å². The summed E-state index contributed by atoms with van der Waals surface area (Å²) in [6.07, 6.45) is -0.330. The van der Waals surface area contributed by atoms with Gasteiger partial charge in [-0.2, -0.15) is 0 Å². The van der Waals surface area contributed by atoms with Crippen molar-refractivity contribution < 1.29 is 38.0 Å². The summed E-state index contributed by atoms with van der Waals surface area (Å²) in [5.41, 5.74) is 1.74. The molecule has 8 nitrogen and oxygen atoms in total. The third-order valence-electron chi connectivity index (χ3n) is 4.63. The van der Waals surface area contributed by atoms with Gasteiger partial charge in [-0.1, -0.05) is 12.1 Å². The molecule has 30 heavy (non-hydrogen) atoms. The summed E-state index contributed by atoms with van der Waals surface area (Å²) in [5, 5.41) is 0. The van der Waals surface area contributed by atoms with Crippen molar-refractivity contribution in [2.24, 2.45) is 0 Å². The van der Waals surface area contributed by atoms with Crippen LogP contribution in [0.2, 0.25) is 0 Å². The van der Waals surface area contributed by atoms with E-state index in [0.717, 1.165) is 11.1 Å². The number of carbonyl (C=O) groups excluding carboxylic acids is 2. The van der Waals surface area contributed by atoms with E-state index < -0.39 is 11.9 Å². The van der Waals surface area contributed by atoms with Crippen LogP contribution in [0.25, 0.3) is 0 Å². The van der Waals surface area contributed by atoms with Crippen LogP contribution in [0.3, 0.4) is 0 Å². The normalized spacial score (nSPS) is 18.4. The number of hydrogen-bond acceptors (Lipinski definition) is 8. The second-order valence-electron chi connectivity index (χ2n) is 6.69. The molecule has 0 aromatic heterocycles. The number of benzene rings is 2. The Bertz CT molecular complexity index is 848. The molecule has 2 atom stereocenters. The van der Waals surface area contributed by atoms with E-state index in [4.69, 9.17) is 28.4 Å². The maximum atomic E-state index is 11.3. The van der Waals surface area contributed by atoms with Crippen LogP contribution in [0.1, 0.15) is 37.0 Å². The van der Waals surface area contributed by atoms with Crippen LogP contribution in [0.4, 0.5) is 0 Å². The molecule has 1 fully saturated rings. The average Bonchev–Trinajstić information content (AvgIpc) is 2.73. The first-order valence-electron chi connectivity index (χ1n) is 9.35. The lowest BCUT2D eigenvalue weighted by molar-refractivity contribution is -0.153. The number of ether oxygens (including phenoxy) is 6. The molecular weight excluding hydrogens is 392 g/mol. The topological polar surface area (TPSA) is 89.5 Å². The summed E-state index contributed by atoms with van der Waals surface area (Å²) in [6, 6.07) is 10.6. The third kappa shape index (κ3) is 4.90. The van der Waals surface area contributed by atoms with E-state index in [1.165, 1.54) is 28.1 Å². The molecule has 8 heteroatoms. The number of methoxy groups -OCH3 is 2. The van der Waals surface area contributed by atoms with Gasteiger partial charge in [-0.25, -0.2) is 0 Å². The fraction of sp³-hybridized carbons (Fsp3) is 0.364. The molecule has 2 aromatic carbocycles. The first-order valence-corrected chi connectivity index (χ1v) is 9.35.